The first-order chi connectivity index (χ1) is 12.5. The van der Waals surface area contributed by atoms with Gasteiger partial charge in [0.05, 0.1) is 22.7 Å². The highest BCUT2D eigenvalue weighted by molar-refractivity contribution is 5.99. The monoisotopic (exact) mass is 352 g/mol. The lowest BCUT2D eigenvalue weighted by atomic mass is 10.1. The summed E-state index contributed by atoms with van der Waals surface area (Å²) in [6, 6.07) is 13.5. The van der Waals surface area contributed by atoms with Gasteiger partial charge in [-0.25, -0.2) is 10.1 Å². The molecule has 0 aliphatic rings. The Balaban J connectivity index is 1.57. The summed E-state index contributed by atoms with van der Waals surface area (Å²) >= 11 is 0. The van der Waals surface area contributed by atoms with Crippen LogP contribution in [0.3, 0.4) is 0 Å². The van der Waals surface area contributed by atoms with Crippen LogP contribution in [0.4, 0.5) is 5.69 Å². The Kier molecular flexibility index (Phi) is 4.97. The summed E-state index contributed by atoms with van der Waals surface area (Å²) in [7, 11) is 0. The normalized spacial score (nSPS) is 11.5. The molecule has 132 valence electrons. The van der Waals surface area contributed by atoms with E-state index in [-0.39, 0.29) is 18.0 Å². The number of aryl methyl sites for hydroxylation is 1. The topological polar surface area (TPSA) is 115 Å². The molecule has 0 saturated heterocycles. The van der Waals surface area contributed by atoms with Gasteiger partial charge >= 0.3 is 0 Å². The molecule has 0 unspecified atom stereocenters. The van der Waals surface area contributed by atoms with Gasteiger partial charge in [-0.3, -0.25) is 14.9 Å². The number of nitro groups is 1. The van der Waals surface area contributed by atoms with Crippen molar-refractivity contribution in [3.8, 4) is 0 Å². The van der Waals surface area contributed by atoms with Crippen molar-refractivity contribution in [1.82, 2.24) is 20.4 Å². The van der Waals surface area contributed by atoms with Gasteiger partial charge in [0.1, 0.15) is 5.52 Å². The summed E-state index contributed by atoms with van der Waals surface area (Å²) < 4.78 is 1.67. The van der Waals surface area contributed by atoms with Gasteiger partial charge in [0.2, 0.25) is 5.91 Å². The lowest BCUT2D eigenvalue weighted by Gasteiger charge is -2.04. The zero-order valence-electron chi connectivity index (χ0n) is 14.0. The van der Waals surface area contributed by atoms with Gasteiger partial charge in [-0.1, -0.05) is 17.3 Å². The fourth-order valence-corrected chi connectivity index (χ4v) is 2.38. The van der Waals surface area contributed by atoms with E-state index >= 15 is 0 Å². The van der Waals surface area contributed by atoms with Crippen molar-refractivity contribution < 1.29 is 9.72 Å². The van der Waals surface area contributed by atoms with Gasteiger partial charge < -0.3 is 0 Å². The zero-order chi connectivity index (χ0) is 18.5. The van der Waals surface area contributed by atoms with E-state index < -0.39 is 4.92 Å². The number of hydrogen-bond acceptors (Lipinski definition) is 6. The predicted molar refractivity (Wildman–Crippen MR) is 95.6 cm³/mol. The summed E-state index contributed by atoms with van der Waals surface area (Å²) in [5.41, 5.74) is 5.38. The minimum atomic E-state index is -0.466. The van der Waals surface area contributed by atoms with Gasteiger partial charge in [-0.2, -0.15) is 5.10 Å². The van der Waals surface area contributed by atoms with E-state index in [1.165, 1.54) is 12.1 Å². The van der Waals surface area contributed by atoms with Crippen LogP contribution in [-0.4, -0.2) is 31.5 Å². The molecule has 1 aromatic heterocycles. The van der Waals surface area contributed by atoms with Crippen molar-refractivity contribution in [2.75, 3.05) is 0 Å². The molecule has 0 radical (unpaired) electrons. The minimum absolute atomic E-state index is 0.00523. The van der Waals surface area contributed by atoms with Crippen LogP contribution in [0.15, 0.2) is 53.6 Å². The minimum Gasteiger partial charge on any atom is -0.273 e. The molecule has 1 N–H and O–H groups in total. The largest absolute Gasteiger partial charge is 0.273 e. The molecule has 0 bridgehead atoms. The number of rotatable bonds is 6. The number of non-ortho nitro benzene ring substituents is 1. The molecule has 26 heavy (non-hydrogen) atoms. The molecule has 0 spiro atoms. The van der Waals surface area contributed by atoms with Gasteiger partial charge in [-0.15, -0.1) is 5.10 Å². The van der Waals surface area contributed by atoms with E-state index in [1.807, 2.05) is 24.3 Å². The Morgan fingerprint density at radius 1 is 1.23 bits per heavy atom. The summed E-state index contributed by atoms with van der Waals surface area (Å²) in [6.07, 6.45) is 0.199. The van der Waals surface area contributed by atoms with E-state index in [1.54, 1.807) is 23.7 Å². The average molecular weight is 352 g/mol. The molecule has 0 aliphatic carbocycles. The fraction of sp³-hybridized carbons (Fsp3) is 0.176. The first-order valence-electron chi connectivity index (χ1n) is 7.91. The average Bonchev–Trinajstić information content (AvgIpc) is 3.07. The Hall–Kier alpha value is -3.62. The summed E-state index contributed by atoms with van der Waals surface area (Å²) in [5, 5.41) is 22.8. The van der Waals surface area contributed by atoms with Crippen molar-refractivity contribution >= 4 is 28.3 Å². The van der Waals surface area contributed by atoms with Crippen molar-refractivity contribution in [3.63, 3.8) is 0 Å². The maximum absolute atomic E-state index is 12.0. The molecule has 3 rings (SSSR count). The van der Waals surface area contributed by atoms with Crippen LogP contribution in [0.2, 0.25) is 0 Å². The number of para-hydroxylation sites is 1. The number of carbonyl (C=O) groups excluding carboxylic acids is 1. The van der Waals surface area contributed by atoms with Crippen LogP contribution in [0.5, 0.6) is 0 Å². The van der Waals surface area contributed by atoms with Gasteiger partial charge in [-0.05, 0) is 36.8 Å². The van der Waals surface area contributed by atoms with Gasteiger partial charge in [0.25, 0.3) is 5.69 Å². The fourth-order valence-electron chi connectivity index (χ4n) is 2.38. The Morgan fingerprint density at radius 3 is 2.69 bits per heavy atom. The molecule has 0 fully saturated rings. The number of nitro benzene ring substituents is 1. The lowest BCUT2D eigenvalue weighted by Crippen LogP contribution is -2.21. The van der Waals surface area contributed by atoms with Crippen LogP contribution in [-0.2, 0) is 11.3 Å². The molecule has 0 aliphatic heterocycles. The van der Waals surface area contributed by atoms with Gasteiger partial charge in [0.15, 0.2) is 0 Å². The van der Waals surface area contributed by atoms with Crippen LogP contribution in [0, 0.1) is 10.1 Å². The maximum Gasteiger partial charge on any atom is 0.269 e. The van der Waals surface area contributed by atoms with E-state index in [4.69, 9.17) is 0 Å². The van der Waals surface area contributed by atoms with Crippen molar-refractivity contribution in [2.45, 2.75) is 19.9 Å². The van der Waals surface area contributed by atoms with E-state index in [0.29, 0.717) is 17.8 Å². The Morgan fingerprint density at radius 2 is 1.96 bits per heavy atom. The smallest absolute Gasteiger partial charge is 0.269 e. The number of benzene rings is 2. The number of nitrogens with one attached hydrogen (secondary N) is 1. The first-order valence-corrected chi connectivity index (χ1v) is 7.91. The molecule has 1 heterocycles. The molecule has 9 heteroatoms. The summed E-state index contributed by atoms with van der Waals surface area (Å²) in [6.45, 7) is 2.10. The van der Waals surface area contributed by atoms with Crippen LogP contribution in [0.25, 0.3) is 11.0 Å². The number of hydrogen-bond donors (Lipinski definition) is 1. The molecular formula is C17H16N6O3. The number of nitrogens with zero attached hydrogens (tertiary/aromatic N) is 5. The molecule has 0 atom stereocenters. The number of fused-ring (bicyclic) bond motifs is 1. The van der Waals surface area contributed by atoms with E-state index in [2.05, 4.69) is 20.8 Å². The maximum atomic E-state index is 12.0. The highest BCUT2D eigenvalue weighted by Gasteiger charge is 2.08. The quantitative estimate of drug-likeness (QED) is 0.415. The van der Waals surface area contributed by atoms with Crippen LogP contribution in [0.1, 0.15) is 18.9 Å². The van der Waals surface area contributed by atoms with Crippen molar-refractivity contribution in [1.29, 1.82) is 0 Å². The van der Waals surface area contributed by atoms with Crippen LogP contribution >= 0.6 is 0 Å². The number of aromatic nitrogens is 3. The Bertz CT molecular complexity index is 978. The number of amides is 1. The third-order valence-corrected chi connectivity index (χ3v) is 3.82. The number of hydrazone groups is 1. The molecule has 1 amide bonds. The highest BCUT2D eigenvalue weighted by Crippen LogP contribution is 2.12. The highest BCUT2D eigenvalue weighted by atomic mass is 16.6. The second kappa shape index (κ2) is 7.51. The third kappa shape index (κ3) is 3.89. The second-order valence-electron chi connectivity index (χ2n) is 5.59. The SMILES string of the molecule is CC(=NNC(=O)CCn1nnc2ccccc21)c1ccc([N+](=O)[O-])cc1. The van der Waals surface area contributed by atoms with Crippen molar-refractivity contribution in [3.05, 3.63) is 64.2 Å². The van der Waals surface area contributed by atoms with E-state index in [9.17, 15) is 14.9 Å². The standard InChI is InChI=1S/C17H16N6O3/c1-12(13-6-8-14(9-7-13)23(25)26)18-20-17(24)10-11-22-16-5-3-2-4-15(16)19-21-22/h2-9H,10-11H2,1H3,(H,20,24). The third-order valence-electron chi connectivity index (χ3n) is 3.82. The van der Waals surface area contributed by atoms with E-state index in [0.717, 1.165) is 11.0 Å². The number of carbonyl (C=O) groups is 1. The molecular weight excluding hydrogens is 336 g/mol. The summed E-state index contributed by atoms with van der Waals surface area (Å²) in [4.78, 5) is 22.2. The summed E-state index contributed by atoms with van der Waals surface area (Å²) in [5.74, 6) is -0.258. The van der Waals surface area contributed by atoms with Gasteiger partial charge in [0, 0.05) is 18.6 Å². The van der Waals surface area contributed by atoms with Crippen LogP contribution < -0.4 is 5.43 Å². The predicted octanol–water partition coefficient (Wildman–Crippen LogP) is 2.27. The first kappa shape index (κ1) is 17.2. The molecule has 9 nitrogen and oxygen atoms in total. The molecule has 0 saturated carbocycles. The Labute approximate surface area is 148 Å². The zero-order valence-corrected chi connectivity index (χ0v) is 14.0. The second-order valence-corrected chi connectivity index (χ2v) is 5.59. The lowest BCUT2D eigenvalue weighted by molar-refractivity contribution is -0.384. The van der Waals surface area contributed by atoms with Crippen molar-refractivity contribution in [2.24, 2.45) is 5.10 Å². The molecule has 2 aromatic carbocycles. The molecule has 3 aromatic rings.